The quantitative estimate of drug-likeness (QED) is 0.788. The molecule has 20 heavy (non-hydrogen) atoms. The molecule has 0 spiro atoms. The molecule has 0 fully saturated rings. The lowest BCUT2D eigenvalue weighted by Crippen LogP contribution is -2.39. The van der Waals surface area contributed by atoms with Crippen molar-refractivity contribution in [2.75, 3.05) is 11.4 Å². The van der Waals surface area contributed by atoms with E-state index < -0.39 is 11.9 Å². The van der Waals surface area contributed by atoms with Crippen LogP contribution in [0, 0.1) is 0 Å². The Kier molecular flexibility index (Phi) is 5.58. The van der Waals surface area contributed by atoms with E-state index in [1.54, 1.807) is 23.1 Å². The van der Waals surface area contributed by atoms with Crippen LogP contribution >= 0.6 is 11.6 Å². The zero-order valence-electron chi connectivity index (χ0n) is 11.3. The fourth-order valence-corrected chi connectivity index (χ4v) is 1.98. The van der Waals surface area contributed by atoms with Crippen LogP contribution in [0.15, 0.2) is 24.3 Å². The number of halogens is 1. The summed E-state index contributed by atoms with van der Waals surface area (Å²) in [4.78, 5) is 23.6. The number of primary amides is 1. The first kappa shape index (κ1) is 16.0. The van der Waals surface area contributed by atoms with Gasteiger partial charge in [0, 0.05) is 22.8 Å². The summed E-state index contributed by atoms with van der Waals surface area (Å²) in [5.74, 6) is -1.51. The van der Waals surface area contributed by atoms with Gasteiger partial charge in [0.2, 0.25) is 5.91 Å². The zero-order valence-corrected chi connectivity index (χ0v) is 12.1. The topological polar surface area (TPSA) is 83.6 Å². The van der Waals surface area contributed by atoms with E-state index in [1.165, 1.54) is 6.08 Å². The Bertz CT molecular complexity index is 541. The molecule has 1 aromatic rings. The minimum absolute atomic E-state index is 0.0284. The van der Waals surface area contributed by atoms with Crippen molar-refractivity contribution in [3.63, 3.8) is 0 Å². The van der Waals surface area contributed by atoms with Crippen molar-refractivity contribution in [1.29, 1.82) is 0 Å². The van der Waals surface area contributed by atoms with Crippen LogP contribution in [0.3, 0.4) is 0 Å². The zero-order chi connectivity index (χ0) is 15.3. The first-order chi connectivity index (χ1) is 9.31. The molecule has 0 aliphatic rings. The van der Waals surface area contributed by atoms with Gasteiger partial charge in [-0.25, -0.2) is 4.79 Å². The molecule has 0 saturated heterocycles. The predicted molar refractivity (Wildman–Crippen MR) is 79.8 cm³/mol. The molecule has 0 aliphatic carbocycles. The summed E-state index contributed by atoms with van der Waals surface area (Å²) in [6.45, 7) is 3.89. The van der Waals surface area contributed by atoms with Gasteiger partial charge in [0.15, 0.2) is 0 Å². The summed E-state index contributed by atoms with van der Waals surface area (Å²) < 4.78 is 0. The smallest absolute Gasteiger partial charge is 0.328 e. The van der Waals surface area contributed by atoms with Crippen LogP contribution in [0.25, 0.3) is 6.08 Å². The van der Waals surface area contributed by atoms with E-state index in [1.807, 2.05) is 13.8 Å². The fraction of sp³-hybridized carbons (Fsp3) is 0.286. The minimum atomic E-state index is -1.05. The molecule has 6 heteroatoms. The standard InChI is InChI=1S/C14H17ClN2O3/c1-9(2)17(8-13(16)18)12-5-4-11(15)7-10(12)3-6-14(19)20/h3-7,9H,8H2,1-2H3,(H2,16,18)(H,19,20)/b6-3+. The lowest BCUT2D eigenvalue weighted by molar-refractivity contribution is -0.131. The molecule has 0 atom stereocenters. The number of anilines is 1. The predicted octanol–water partition coefficient (Wildman–Crippen LogP) is 2.14. The number of nitrogens with zero attached hydrogens (tertiary/aromatic N) is 1. The highest BCUT2D eigenvalue weighted by molar-refractivity contribution is 6.30. The lowest BCUT2D eigenvalue weighted by atomic mass is 10.1. The first-order valence-corrected chi connectivity index (χ1v) is 6.44. The van der Waals surface area contributed by atoms with E-state index in [0.29, 0.717) is 16.3 Å². The first-order valence-electron chi connectivity index (χ1n) is 6.06. The van der Waals surface area contributed by atoms with Crippen LogP contribution in [-0.4, -0.2) is 29.6 Å². The van der Waals surface area contributed by atoms with E-state index in [-0.39, 0.29) is 12.6 Å². The molecule has 0 heterocycles. The summed E-state index contributed by atoms with van der Waals surface area (Å²) in [5, 5.41) is 9.21. The number of carbonyl (C=O) groups excluding carboxylic acids is 1. The van der Waals surface area contributed by atoms with E-state index in [2.05, 4.69) is 0 Å². The lowest BCUT2D eigenvalue weighted by Gasteiger charge is -2.29. The summed E-state index contributed by atoms with van der Waals surface area (Å²) in [5.41, 5.74) is 6.58. The third kappa shape index (κ3) is 4.59. The van der Waals surface area contributed by atoms with Crippen LogP contribution in [0.1, 0.15) is 19.4 Å². The Morgan fingerprint density at radius 1 is 1.45 bits per heavy atom. The number of benzene rings is 1. The molecular formula is C14H17ClN2O3. The van der Waals surface area contributed by atoms with Crippen LogP contribution in [0.5, 0.6) is 0 Å². The van der Waals surface area contributed by atoms with Crippen LogP contribution < -0.4 is 10.6 Å². The molecule has 5 nitrogen and oxygen atoms in total. The second-order valence-corrected chi connectivity index (χ2v) is 5.00. The maximum atomic E-state index is 11.2. The number of aliphatic carboxylic acids is 1. The molecule has 0 saturated carbocycles. The van der Waals surface area contributed by atoms with Crippen molar-refractivity contribution in [3.8, 4) is 0 Å². The van der Waals surface area contributed by atoms with Crippen LogP contribution in [0.4, 0.5) is 5.69 Å². The second-order valence-electron chi connectivity index (χ2n) is 4.56. The maximum absolute atomic E-state index is 11.2. The highest BCUT2D eigenvalue weighted by atomic mass is 35.5. The number of hydrogen-bond acceptors (Lipinski definition) is 3. The van der Waals surface area contributed by atoms with Gasteiger partial charge in [-0.2, -0.15) is 0 Å². The van der Waals surface area contributed by atoms with Gasteiger partial charge in [-0.05, 0) is 43.7 Å². The molecule has 1 rings (SSSR count). The van der Waals surface area contributed by atoms with Gasteiger partial charge in [0.1, 0.15) is 0 Å². The van der Waals surface area contributed by atoms with E-state index in [4.69, 9.17) is 22.4 Å². The van der Waals surface area contributed by atoms with Crippen LogP contribution in [-0.2, 0) is 9.59 Å². The van der Waals surface area contributed by atoms with Crippen LogP contribution in [0.2, 0.25) is 5.02 Å². The average molecular weight is 297 g/mol. The van der Waals surface area contributed by atoms with Crippen molar-refractivity contribution < 1.29 is 14.7 Å². The molecule has 1 aromatic carbocycles. The molecule has 0 aromatic heterocycles. The molecule has 0 radical (unpaired) electrons. The number of hydrogen-bond donors (Lipinski definition) is 2. The SMILES string of the molecule is CC(C)N(CC(N)=O)c1ccc(Cl)cc1/C=C/C(=O)O. The number of amides is 1. The highest BCUT2D eigenvalue weighted by Gasteiger charge is 2.16. The Labute approximate surface area is 122 Å². The van der Waals surface area contributed by atoms with E-state index in [9.17, 15) is 9.59 Å². The number of carboxylic acid groups (broad SMARTS) is 1. The van der Waals surface area contributed by atoms with E-state index in [0.717, 1.165) is 6.08 Å². The van der Waals surface area contributed by atoms with Gasteiger partial charge < -0.3 is 15.7 Å². The molecular weight excluding hydrogens is 280 g/mol. The van der Waals surface area contributed by atoms with Gasteiger partial charge in [-0.1, -0.05) is 11.6 Å². The Balaban J connectivity index is 3.26. The van der Waals surface area contributed by atoms with Gasteiger partial charge in [-0.15, -0.1) is 0 Å². The summed E-state index contributed by atoms with van der Waals surface area (Å²) in [7, 11) is 0. The third-order valence-electron chi connectivity index (χ3n) is 2.65. The molecule has 0 bridgehead atoms. The summed E-state index contributed by atoms with van der Waals surface area (Å²) in [6, 6.07) is 5.10. The molecule has 0 aliphatic heterocycles. The van der Waals surface area contributed by atoms with Crippen molar-refractivity contribution in [1.82, 2.24) is 0 Å². The van der Waals surface area contributed by atoms with Crippen molar-refractivity contribution >= 4 is 35.2 Å². The minimum Gasteiger partial charge on any atom is -0.478 e. The van der Waals surface area contributed by atoms with Gasteiger partial charge in [0.05, 0.1) is 6.54 Å². The maximum Gasteiger partial charge on any atom is 0.328 e. The van der Waals surface area contributed by atoms with E-state index >= 15 is 0 Å². The van der Waals surface area contributed by atoms with Gasteiger partial charge >= 0.3 is 5.97 Å². The average Bonchev–Trinajstić information content (AvgIpc) is 2.33. The fourth-order valence-electron chi connectivity index (χ4n) is 1.80. The second kappa shape index (κ2) is 6.96. The number of carbonyl (C=O) groups is 2. The molecule has 1 amide bonds. The summed E-state index contributed by atoms with van der Waals surface area (Å²) in [6.07, 6.45) is 2.47. The van der Waals surface area contributed by atoms with Crippen molar-refractivity contribution in [2.45, 2.75) is 19.9 Å². The Morgan fingerprint density at radius 2 is 2.10 bits per heavy atom. The van der Waals surface area contributed by atoms with Gasteiger partial charge in [-0.3, -0.25) is 4.79 Å². The number of nitrogens with two attached hydrogens (primary N) is 1. The van der Waals surface area contributed by atoms with Gasteiger partial charge in [0.25, 0.3) is 0 Å². The third-order valence-corrected chi connectivity index (χ3v) is 2.89. The highest BCUT2D eigenvalue weighted by Crippen LogP contribution is 2.27. The number of rotatable bonds is 6. The van der Waals surface area contributed by atoms with Crippen molar-refractivity contribution in [3.05, 3.63) is 34.9 Å². The normalized spacial score (nSPS) is 11.0. The number of carboxylic acids is 1. The van der Waals surface area contributed by atoms with Crippen molar-refractivity contribution in [2.24, 2.45) is 5.73 Å². The summed E-state index contributed by atoms with van der Waals surface area (Å²) >= 11 is 5.93. The molecule has 0 unspecified atom stereocenters. The monoisotopic (exact) mass is 296 g/mol. The molecule has 108 valence electrons. The molecule has 3 N–H and O–H groups in total. The Morgan fingerprint density at radius 3 is 2.60 bits per heavy atom. The largest absolute Gasteiger partial charge is 0.478 e. The Hall–Kier alpha value is -2.01.